The lowest BCUT2D eigenvalue weighted by atomic mass is 10.1. The molecule has 0 aliphatic carbocycles. The molecule has 0 saturated heterocycles. The number of hydrogen-bond acceptors (Lipinski definition) is 4. The quantitative estimate of drug-likeness (QED) is 0.698. The Morgan fingerprint density at radius 3 is 2.84 bits per heavy atom. The second-order valence-corrected chi connectivity index (χ2v) is 3.95. The largest absolute Gasteiger partial charge is 0.494 e. The van der Waals surface area contributed by atoms with Crippen LogP contribution in [0, 0.1) is 0 Å². The van der Waals surface area contributed by atoms with Gasteiger partial charge in [-0.1, -0.05) is 6.08 Å². The molecule has 0 saturated carbocycles. The molecule has 1 unspecified atom stereocenters. The van der Waals surface area contributed by atoms with Crippen LogP contribution in [-0.2, 0) is 11.2 Å². The van der Waals surface area contributed by atoms with E-state index in [0.29, 0.717) is 18.8 Å². The third-order valence-electron chi connectivity index (χ3n) is 2.44. The van der Waals surface area contributed by atoms with Gasteiger partial charge >= 0.3 is 5.97 Å². The van der Waals surface area contributed by atoms with E-state index in [1.54, 1.807) is 18.2 Å². The highest BCUT2D eigenvalue weighted by molar-refractivity contribution is 5.73. The average Bonchev–Trinajstić information content (AvgIpc) is 2.38. The maximum Gasteiger partial charge on any atom is 0.324 e. The minimum atomic E-state index is -1.09. The van der Waals surface area contributed by atoms with Crippen LogP contribution in [0.3, 0.4) is 0 Å². The fourth-order valence-corrected chi connectivity index (χ4v) is 1.52. The van der Waals surface area contributed by atoms with E-state index < -0.39 is 12.0 Å². The van der Waals surface area contributed by atoms with Gasteiger partial charge in [0.15, 0.2) is 0 Å². The first-order valence-corrected chi connectivity index (χ1v) is 6.06. The third-order valence-corrected chi connectivity index (χ3v) is 2.44. The molecule has 0 fully saturated rings. The highest BCUT2D eigenvalue weighted by atomic mass is 16.5. The lowest BCUT2D eigenvalue weighted by Crippen LogP contribution is -2.36. The van der Waals surface area contributed by atoms with Gasteiger partial charge in [-0.05, 0) is 31.5 Å². The van der Waals surface area contributed by atoms with Crippen LogP contribution in [0.5, 0.6) is 11.5 Å². The highest BCUT2D eigenvalue weighted by Gasteiger charge is 2.13. The normalized spacial score (nSPS) is 11.7. The summed E-state index contributed by atoms with van der Waals surface area (Å²) in [6.45, 7) is 6.09. The van der Waals surface area contributed by atoms with Gasteiger partial charge in [-0.15, -0.1) is 6.58 Å². The Hall–Kier alpha value is -2.01. The van der Waals surface area contributed by atoms with Crippen LogP contribution in [0.4, 0.5) is 0 Å². The number of ether oxygens (including phenoxy) is 2. The summed E-state index contributed by atoms with van der Waals surface area (Å²) >= 11 is 0. The van der Waals surface area contributed by atoms with Crippen molar-refractivity contribution in [2.24, 2.45) is 5.73 Å². The topological polar surface area (TPSA) is 81.8 Å². The predicted octanol–water partition coefficient (Wildman–Crippen LogP) is 1.60. The molecule has 0 radical (unpaired) electrons. The van der Waals surface area contributed by atoms with Gasteiger partial charge in [0.2, 0.25) is 0 Å². The molecule has 0 aliphatic rings. The fourth-order valence-electron chi connectivity index (χ4n) is 1.52. The Morgan fingerprint density at radius 2 is 2.26 bits per heavy atom. The van der Waals surface area contributed by atoms with Crippen molar-refractivity contribution < 1.29 is 19.4 Å². The van der Waals surface area contributed by atoms with Crippen LogP contribution in [-0.4, -0.2) is 30.3 Å². The summed E-state index contributed by atoms with van der Waals surface area (Å²) in [5.74, 6) is 0.255. The first-order valence-electron chi connectivity index (χ1n) is 6.06. The van der Waals surface area contributed by atoms with E-state index in [4.69, 9.17) is 20.3 Å². The third kappa shape index (κ3) is 4.63. The van der Waals surface area contributed by atoms with Gasteiger partial charge in [-0.3, -0.25) is 4.79 Å². The number of hydrogen-bond donors (Lipinski definition) is 2. The number of carboxylic acids is 1. The lowest BCUT2D eigenvalue weighted by Gasteiger charge is -2.14. The zero-order chi connectivity index (χ0) is 14.3. The van der Waals surface area contributed by atoms with Gasteiger partial charge < -0.3 is 20.3 Å². The molecule has 0 amide bonds. The van der Waals surface area contributed by atoms with Crippen LogP contribution < -0.4 is 15.2 Å². The van der Waals surface area contributed by atoms with Gasteiger partial charge in [-0.25, -0.2) is 0 Å². The molecule has 0 bridgehead atoms. The van der Waals surface area contributed by atoms with Crippen molar-refractivity contribution >= 4 is 5.97 Å². The molecular weight excluding hydrogens is 246 g/mol. The fraction of sp³-hybridized carbons (Fsp3) is 0.357. The van der Waals surface area contributed by atoms with Crippen molar-refractivity contribution in [3.05, 3.63) is 36.4 Å². The van der Waals surface area contributed by atoms with E-state index in [-0.39, 0.29) is 6.61 Å². The summed E-state index contributed by atoms with van der Waals surface area (Å²) in [6, 6.07) is 4.34. The van der Waals surface area contributed by atoms with E-state index in [9.17, 15) is 4.79 Å². The molecular formula is C14H19NO4. The zero-order valence-corrected chi connectivity index (χ0v) is 11.0. The van der Waals surface area contributed by atoms with Gasteiger partial charge in [0, 0.05) is 5.56 Å². The van der Waals surface area contributed by atoms with Crippen molar-refractivity contribution in [1.29, 1.82) is 0 Å². The van der Waals surface area contributed by atoms with Crippen molar-refractivity contribution in [3.63, 3.8) is 0 Å². The molecule has 0 heterocycles. The molecule has 5 nitrogen and oxygen atoms in total. The molecule has 5 heteroatoms. The molecule has 19 heavy (non-hydrogen) atoms. The van der Waals surface area contributed by atoms with Crippen molar-refractivity contribution in [2.75, 3.05) is 13.2 Å². The molecule has 0 spiro atoms. The number of rotatable bonds is 8. The monoisotopic (exact) mass is 265 g/mol. The molecule has 0 aliphatic heterocycles. The smallest absolute Gasteiger partial charge is 0.324 e. The van der Waals surface area contributed by atoms with Crippen LogP contribution >= 0.6 is 0 Å². The van der Waals surface area contributed by atoms with E-state index in [0.717, 1.165) is 11.3 Å². The Labute approximate surface area is 112 Å². The molecule has 1 atom stereocenters. The Morgan fingerprint density at radius 1 is 1.53 bits per heavy atom. The van der Waals surface area contributed by atoms with Crippen LogP contribution in [0.25, 0.3) is 0 Å². The summed E-state index contributed by atoms with van der Waals surface area (Å²) in [7, 11) is 0. The predicted molar refractivity (Wildman–Crippen MR) is 72.6 cm³/mol. The van der Waals surface area contributed by atoms with Gasteiger partial charge in [-0.2, -0.15) is 0 Å². The number of carboxylic acid groups (broad SMARTS) is 1. The Kier molecular flexibility index (Phi) is 5.89. The number of nitrogens with two attached hydrogens (primary N) is 1. The van der Waals surface area contributed by atoms with Crippen LogP contribution in [0.1, 0.15) is 12.5 Å². The molecule has 104 valence electrons. The molecule has 1 aromatic carbocycles. The zero-order valence-electron chi connectivity index (χ0n) is 11.0. The maximum absolute atomic E-state index is 10.6. The number of aliphatic carboxylic acids is 1. The second kappa shape index (κ2) is 7.43. The first kappa shape index (κ1) is 15.0. The summed E-state index contributed by atoms with van der Waals surface area (Å²) in [5.41, 5.74) is 6.28. The van der Waals surface area contributed by atoms with Crippen LogP contribution in [0.15, 0.2) is 30.9 Å². The van der Waals surface area contributed by atoms with Crippen LogP contribution in [0.2, 0.25) is 0 Å². The number of carbonyl (C=O) groups is 1. The number of allylic oxidation sites excluding steroid dienone is 1. The van der Waals surface area contributed by atoms with Gasteiger partial charge in [0.05, 0.1) is 6.61 Å². The Balaban J connectivity index is 2.80. The average molecular weight is 265 g/mol. The lowest BCUT2D eigenvalue weighted by molar-refractivity contribution is -0.139. The molecule has 3 N–H and O–H groups in total. The van der Waals surface area contributed by atoms with Crippen molar-refractivity contribution in [2.45, 2.75) is 19.4 Å². The number of benzene rings is 1. The maximum atomic E-state index is 10.6. The van der Waals surface area contributed by atoms with E-state index in [2.05, 4.69) is 6.58 Å². The standard InChI is InChI=1S/C14H19NO4/c1-3-5-10-8-11(18-4-2)6-7-13(10)19-9-12(15)14(16)17/h3,6-8,12H,1,4-5,9,15H2,2H3,(H,16,17). The van der Waals surface area contributed by atoms with E-state index >= 15 is 0 Å². The molecule has 1 rings (SSSR count). The van der Waals surface area contributed by atoms with Crippen molar-refractivity contribution in [1.82, 2.24) is 0 Å². The van der Waals surface area contributed by atoms with Gasteiger partial charge in [0.1, 0.15) is 24.1 Å². The van der Waals surface area contributed by atoms with E-state index in [1.165, 1.54) is 0 Å². The van der Waals surface area contributed by atoms with Gasteiger partial charge in [0.25, 0.3) is 0 Å². The Bertz CT molecular complexity index is 445. The SMILES string of the molecule is C=CCc1cc(OCC)ccc1OCC(N)C(=O)O. The summed E-state index contributed by atoms with van der Waals surface area (Å²) in [5, 5.41) is 8.71. The first-order chi connectivity index (χ1) is 9.08. The highest BCUT2D eigenvalue weighted by Crippen LogP contribution is 2.25. The minimum absolute atomic E-state index is 0.0759. The summed E-state index contributed by atoms with van der Waals surface area (Å²) < 4.78 is 10.8. The summed E-state index contributed by atoms with van der Waals surface area (Å²) in [4.78, 5) is 10.6. The minimum Gasteiger partial charge on any atom is -0.494 e. The van der Waals surface area contributed by atoms with Crippen molar-refractivity contribution in [3.8, 4) is 11.5 Å². The molecule has 0 aromatic heterocycles. The summed E-state index contributed by atoms with van der Waals surface area (Å²) in [6.07, 6.45) is 2.35. The van der Waals surface area contributed by atoms with E-state index in [1.807, 2.05) is 13.0 Å². The second-order valence-electron chi connectivity index (χ2n) is 3.95. The molecule has 1 aromatic rings.